The number of amides is 1. The number of aromatic hydroxyl groups is 1. The third-order valence-electron chi connectivity index (χ3n) is 4.41. The number of benzene rings is 1. The maximum Gasteiger partial charge on any atom is 0.274 e. The van der Waals surface area contributed by atoms with Gasteiger partial charge in [0.1, 0.15) is 10.8 Å². The fourth-order valence-electron chi connectivity index (χ4n) is 2.92. The number of carbonyl (C=O) groups excluding carboxylic acids is 1. The minimum atomic E-state index is -0.665. The van der Waals surface area contributed by atoms with Gasteiger partial charge in [0.2, 0.25) is 0 Å². The first kappa shape index (κ1) is 21.0. The van der Waals surface area contributed by atoms with E-state index in [1.54, 1.807) is 36.5 Å². The van der Waals surface area contributed by atoms with Crippen LogP contribution in [-0.2, 0) is 6.54 Å². The van der Waals surface area contributed by atoms with Crippen molar-refractivity contribution in [2.24, 2.45) is 0 Å². The normalized spacial score (nSPS) is 10.9. The van der Waals surface area contributed by atoms with Crippen molar-refractivity contribution in [1.82, 2.24) is 19.5 Å². The van der Waals surface area contributed by atoms with Crippen molar-refractivity contribution >= 4 is 57.3 Å². The lowest BCUT2D eigenvalue weighted by molar-refractivity contribution is 0.102. The Morgan fingerprint density at radius 1 is 1.10 bits per heavy atom. The second-order valence-electron chi connectivity index (χ2n) is 6.41. The number of pyridine rings is 2. The summed E-state index contributed by atoms with van der Waals surface area (Å²) >= 11 is 17.8. The van der Waals surface area contributed by atoms with E-state index in [4.69, 9.17) is 34.8 Å². The van der Waals surface area contributed by atoms with Crippen LogP contribution in [-0.4, -0.2) is 30.5 Å². The Morgan fingerprint density at radius 2 is 1.90 bits per heavy atom. The second-order valence-corrected chi connectivity index (χ2v) is 7.54. The van der Waals surface area contributed by atoms with Gasteiger partial charge in [-0.3, -0.25) is 14.2 Å². The lowest BCUT2D eigenvalue weighted by atomic mass is 10.2. The van der Waals surface area contributed by atoms with Gasteiger partial charge in [0.15, 0.2) is 10.9 Å². The van der Waals surface area contributed by atoms with E-state index in [0.717, 1.165) is 0 Å². The van der Waals surface area contributed by atoms with Gasteiger partial charge in [0, 0.05) is 11.8 Å². The van der Waals surface area contributed by atoms with Crippen LogP contribution in [0, 0.1) is 0 Å². The van der Waals surface area contributed by atoms with E-state index >= 15 is 0 Å². The van der Waals surface area contributed by atoms with Gasteiger partial charge in [-0.1, -0.05) is 46.9 Å². The molecule has 0 unspecified atom stereocenters. The monoisotopic (exact) mass is 475 g/mol. The third kappa shape index (κ3) is 4.18. The number of aromatic nitrogens is 4. The van der Waals surface area contributed by atoms with Crippen molar-refractivity contribution < 1.29 is 9.90 Å². The molecule has 0 saturated carbocycles. The number of hydrogen-bond acceptors (Lipinski definition) is 6. The van der Waals surface area contributed by atoms with Gasteiger partial charge in [-0.2, -0.15) is 0 Å². The topological polar surface area (TPSA) is 110 Å². The highest BCUT2D eigenvalue weighted by atomic mass is 35.5. The summed E-state index contributed by atoms with van der Waals surface area (Å²) in [5, 5.41) is 12.3. The van der Waals surface area contributed by atoms with E-state index < -0.39 is 11.7 Å². The molecule has 0 saturated heterocycles. The summed E-state index contributed by atoms with van der Waals surface area (Å²) in [4.78, 5) is 38.0. The second kappa shape index (κ2) is 8.50. The molecule has 4 rings (SSSR count). The SMILES string of the molecule is O=C(Nc1cccc2ncn(Cc3cccnc3Cl)c(=O)c12)c1cc(Cl)c(O)c(Cl)n1. The van der Waals surface area contributed by atoms with Crippen molar-refractivity contribution in [2.45, 2.75) is 6.54 Å². The molecule has 0 spiro atoms. The average molecular weight is 477 g/mol. The van der Waals surface area contributed by atoms with Crippen LogP contribution in [0.3, 0.4) is 0 Å². The van der Waals surface area contributed by atoms with Crippen LogP contribution >= 0.6 is 34.8 Å². The Hall–Kier alpha value is -3.20. The van der Waals surface area contributed by atoms with Crippen LogP contribution < -0.4 is 10.9 Å². The number of rotatable bonds is 4. The summed E-state index contributed by atoms with van der Waals surface area (Å²) in [5.74, 6) is -1.09. The molecule has 0 bridgehead atoms. The van der Waals surface area contributed by atoms with Crippen LogP contribution in [0.1, 0.15) is 16.1 Å². The Bertz CT molecular complexity index is 1370. The highest BCUT2D eigenvalue weighted by molar-refractivity contribution is 6.36. The summed E-state index contributed by atoms with van der Waals surface area (Å²) in [6.07, 6.45) is 2.96. The first-order chi connectivity index (χ1) is 14.8. The zero-order chi connectivity index (χ0) is 22.1. The number of halogens is 3. The highest BCUT2D eigenvalue weighted by Gasteiger charge is 2.17. The molecule has 1 aromatic carbocycles. The fraction of sp³-hybridized carbons (Fsp3) is 0.0500. The van der Waals surface area contributed by atoms with Crippen LogP contribution in [0.5, 0.6) is 5.75 Å². The van der Waals surface area contributed by atoms with Crippen molar-refractivity contribution in [3.63, 3.8) is 0 Å². The van der Waals surface area contributed by atoms with Gasteiger partial charge < -0.3 is 10.4 Å². The largest absolute Gasteiger partial charge is 0.504 e. The molecule has 156 valence electrons. The van der Waals surface area contributed by atoms with Gasteiger partial charge >= 0.3 is 0 Å². The summed E-state index contributed by atoms with van der Waals surface area (Å²) in [7, 11) is 0. The number of carbonyl (C=O) groups is 1. The van der Waals surface area contributed by atoms with E-state index in [-0.39, 0.29) is 44.2 Å². The molecular weight excluding hydrogens is 465 g/mol. The minimum absolute atomic E-state index is 0.125. The molecule has 0 atom stereocenters. The minimum Gasteiger partial charge on any atom is -0.504 e. The molecule has 11 heteroatoms. The number of nitrogens with one attached hydrogen (secondary N) is 1. The molecule has 4 aromatic rings. The van der Waals surface area contributed by atoms with E-state index in [2.05, 4.69) is 20.3 Å². The number of nitrogens with zero attached hydrogens (tertiary/aromatic N) is 4. The molecule has 0 aliphatic rings. The van der Waals surface area contributed by atoms with Gasteiger partial charge in [-0.05, 0) is 24.3 Å². The fourth-order valence-corrected chi connectivity index (χ4v) is 3.53. The van der Waals surface area contributed by atoms with Crippen LogP contribution in [0.25, 0.3) is 10.9 Å². The lowest BCUT2D eigenvalue weighted by Crippen LogP contribution is -2.23. The van der Waals surface area contributed by atoms with E-state index in [0.29, 0.717) is 11.1 Å². The molecule has 31 heavy (non-hydrogen) atoms. The molecule has 1 amide bonds. The number of fused-ring (bicyclic) bond motifs is 1. The van der Waals surface area contributed by atoms with E-state index in [9.17, 15) is 14.7 Å². The summed E-state index contributed by atoms with van der Waals surface area (Å²) in [6, 6.07) is 9.51. The standard InChI is InChI=1S/C20H12Cl3N5O3/c21-11-7-14(26-18(23)16(11)29)19(30)27-13-5-1-4-12-15(13)20(31)28(9-25-12)8-10-3-2-6-24-17(10)22/h1-7,9,29H,8H2,(H,27,30). The zero-order valence-corrected chi connectivity index (χ0v) is 17.8. The van der Waals surface area contributed by atoms with Crippen molar-refractivity contribution in [1.29, 1.82) is 0 Å². The lowest BCUT2D eigenvalue weighted by Gasteiger charge is -2.11. The maximum absolute atomic E-state index is 13.2. The Morgan fingerprint density at radius 3 is 2.65 bits per heavy atom. The molecule has 0 radical (unpaired) electrons. The predicted octanol–water partition coefficient (Wildman–Crippen LogP) is 4.15. The van der Waals surface area contributed by atoms with Crippen molar-refractivity contribution in [3.8, 4) is 5.75 Å². The molecule has 0 aliphatic carbocycles. The Labute approximate surface area is 190 Å². The summed E-state index contributed by atoms with van der Waals surface area (Å²) in [5.41, 5.74) is 0.762. The number of anilines is 1. The third-order valence-corrected chi connectivity index (χ3v) is 5.31. The summed E-state index contributed by atoms with van der Waals surface area (Å²) in [6.45, 7) is 0.154. The molecular formula is C20H12Cl3N5O3. The van der Waals surface area contributed by atoms with Crippen molar-refractivity contribution in [3.05, 3.63) is 85.9 Å². The summed E-state index contributed by atoms with van der Waals surface area (Å²) < 4.78 is 1.37. The first-order valence-electron chi connectivity index (χ1n) is 8.79. The van der Waals surface area contributed by atoms with E-state index in [1.165, 1.54) is 17.0 Å². The quantitative estimate of drug-likeness (QED) is 0.428. The molecule has 0 aliphatic heterocycles. The molecule has 3 aromatic heterocycles. The number of hydrogen-bond donors (Lipinski definition) is 2. The predicted molar refractivity (Wildman–Crippen MR) is 118 cm³/mol. The zero-order valence-electron chi connectivity index (χ0n) is 15.5. The van der Waals surface area contributed by atoms with Gasteiger partial charge in [0.25, 0.3) is 11.5 Å². The van der Waals surface area contributed by atoms with Crippen LogP contribution in [0.2, 0.25) is 15.3 Å². The molecule has 0 fully saturated rings. The highest BCUT2D eigenvalue weighted by Crippen LogP contribution is 2.30. The van der Waals surface area contributed by atoms with Gasteiger partial charge in [0.05, 0.1) is 34.5 Å². The maximum atomic E-state index is 13.2. The smallest absolute Gasteiger partial charge is 0.274 e. The molecule has 2 N–H and O–H groups in total. The van der Waals surface area contributed by atoms with E-state index in [1.807, 2.05) is 0 Å². The first-order valence-corrected chi connectivity index (χ1v) is 9.92. The van der Waals surface area contributed by atoms with Crippen LogP contribution in [0.15, 0.2) is 53.7 Å². The van der Waals surface area contributed by atoms with Crippen molar-refractivity contribution in [2.75, 3.05) is 5.32 Å². The molecule has 8 nitrogen and oxygen atoms in total. The average Bonchev–Trinajstić information content (AvgIpc) is 2.75. The van der Waals surface area contributed by atoms with Gasteiger partial charge in [-0.15, -0.1) is 0 Å². The van der Waals surface area contributed by atoms with Crippen LogP contribution in [0.4, 0.5) is 5.69 Å². The Kier molecular flexibility index (Phi) is 5.77. The molecule has 3 heterocycles. The Balaban J connectivity index is 1.74. The van der Waals surface area contributed by atoms with Gasteiger partial charge in [-0.25, -0.2) is 15.0 Å².